The summed E-state index contributed by atoms with van der Waals surface area (Å²) in [6.45, 7) is 4.57. The minimum Gasteiger partial charge on any atom is -0.143 e. The highest BCUT2D eigenvalue weighted by Gasteiger charge is 2.18. The van der Waals surface area contributed by atoms with Crippen LogP contribution in [0.5, 0.6) is 0 Å². The number of aryl methyl sites for hydroxylation is 2. The van der Waals surface area contributed by atoms with Crippen LogP contribution in [0.15, 0.2) is 144 Å². The zero-order valence-corrected chi connectivity index (χ0v) is 49.6. The van der Waals surface area contributed by atoms with Crippen LogP contribution < -0.4 is 0 Å². The van der Waals surface area contributed by atoms with Gasteiger partial charge < -0.3 is 0 Å². The van der Waals surface area contributed by atoms with Gasteiger partial charge >= 0.3 is 0 Å². The van der Waals surface area contributed by atoms with Gasteiger partial charge in [0, 0.05) is 107 Å². The first-order chi connectivity index (χ1) is 35.5. The number of thiophene rings is 12. The molecule has 0 nitrogen and oxygen atoms in total. The van der Waals surface area contributed by atoms with Crippen LogP contribution in [0, 0.1) is 0 Å². The van der Waals surface area contributed by atoms with E-state index < -0.39 is 0 Å². The first-order valence-electron chi connectivity index (χ1n) is 24.7. The Morgan fingerprint density at radius 3 is 0.625 bits per heavy atom. The molecule has 0 aliphatic heterocycles. The number of unbranched alkanes of at least 4 members (excludes halogenated alkanes) is 6. The van der Waals surface area contributed by atoms with Gasteiger partial charge in [-0.1, -0.05) is 52.4 Å². The lowest BCUT2D eigenvalue weighted by Gasteiger charge is -2.02. The van der Waals surface area contributed by atoms with E-state index in [4.69, 9.17) is 0 Å². The van der Waals surface area contributed by atoms with E-state index in [1.165, 1.54) is 183 Å². The van der Waals surface area contributed by atoms with E-state index >= 15 is 0 Å². The van der Waals surface area contributed by atoms with Crippen molar-refractivity contribution < 1.29 is 0 Å². The Morgan fingerprint density at radius 2 is 0.417 bits per heavy atom. The summed E-state index contributed by atoms with van der Waals surface area (Å²) in [7, 11) is 0. The maximum Gasteiger partial charge on any atom is 0.0474 e. The summed E-state index contributed by atoms with van der Waals surface area (Å²) in [4.78, 5) is 30.0. The molecule has 12 heterocycles. The maximum atomic E-state index is 2.34. The van der Waals surface area contributed by atoms with E-state index in [2.05, 4.69) is 158 Å². The highest BCUT2D eigenvalue weighted by molar-refractivity contribution is 7.33. The van der Waals surface area contributed by atoms with Gasteiger partial charge in [0.25, 0.3) is 0 Å². The predicted octanol–water partition coefficient (Wildman–Crippen LogP) is 25.0. The number of hydrogen-bond donors (Lipinski definition) is 0. The van der Waals surface area contributed by atoms with Gasteiger partial charge in [-0.05, 0) is 181 Å². The first kappa shape index (κ1) is 49.3. The van der Waals surface area contributed by atoms with E-state index in [9.17, 15) is 0 Å². The monoisotopic (exact) mass is 1150 g/mol. The topological polar surface area (TPSA) is 0 Å². The third kappa shape index (κ3) is 10.8. The molecule has 0 aliphatic carbocycles. The lowest BCUT2D eigenvalue weighted by atomic mass is 10.1. The van der Waals surface area contributed by atoms with Gasteiger partial charge in [0.2, 0.25) is 0 Å². The summed E-state index contributed by atoms with van der Waals surface area (Å²) in [5, 5.41) is 4.55. The second kappa shape index (κ2) is 22.7. The van der Waals surface area contributed by atoms with Crippen LogP contribution in [0.3, 0.4) is 0 Å². The largest absolute Gasteiger partial charge is 0.143 e. The van der Waals surface area contributed by atoms with E-state index in [1.54, 1.807) is 0 Å². The third-order valence-corrected chi connectivity index (χ3v) is 27.7. The van der Waals surface area contributed by atoms with Crippen LogP contribution >= 0.6 is 136 Å². The van der Waals surface area contributed by atoms with Crippen molar-refractivity contribution in [3.8, 4) is 107 Å². The van der Waals surface area contributed by atoms with Crippen molar-refractivity contribution in [1.29, 1.82) is 0 Å². The summed E-state index contributed by atoms with van der Waals surface area (Å²) in [6, 6.07) is 51.1. The summed E-state index contributed by atoms with van der Waals surface area (Å²) in [5.74, 6) is 0. The summed E-state index contributed by atoms with van der Waals surface area (Å²) >= 11 is 23.0. The minimum absolute atomic E-state index is 1.19. The van der Waals surface area contributed by atoms with E-state index in [-0.39, 0.29) is 0 Å². The Hall–Kier alpha value is -3.60. The fraction of sp³-hybridized carbons (Fsp3) is 0.200. The SMILES string of the molecule is CCCCCCc1ccsc1-c1ccc(-c2ccc(-c3ccc(-c4ccc(-c5ccc(-c6ccc(-c7ccc(-c8ccc(-c9ccc(-c%10ccc(-c%11sccc%11CCCCCC)s%10)s9)s8)s7)s6)s5)s4)s3)s2)s1. The molecule has 0 saturated carbocycles. The normalized spacial score (nSPS) is 11.8. The lowest BCUT2D eigenvalue weighted by Crippen LogP contribution is -1.85. The Morgan fingerprint density at radius 1 is 0.222 bits per heavy atom. The summed E-state index contributed by atoms with van der Waals surface area (Å²) < 4.78 is 0. The van der Waals surface area contributed by atoms with Crippen molar-refractivity contribution >= 4 is 136 Å². The highest BCUT2D eigenvalue weighted by Crippen LogP contribution is 2.50. The van der Waals surface area contributed by atoms with Gasteiger partial charge in [-0.15, -0.1) is 136 Å². The van der Waals surface area contributed by atoms with E-state index in [0.29, 0.717) is 0 Å². The Bertz CT molecular complexity index is 3430. The predicted molar refractivity (Wildman–Crippen MR) is 336 cm³/mol. The van der Waals surface area contributed by atoms with Crippen molar-refractivity contribution in [3.05, 3.63) is 155 Å². The van der Waals surface area contributed by atoms with Gasteiger partial charge in [0.05, 0.1) is 0 Å². The van der Waals surface area contributed by atoms with Crippen molar-refractivity contribution in [3.63, 3.8) is 0 Å². The molecular weight excluding hydrogens is 1110 g/mol. The van der Waals surface area contributed by atoms with Crippen LogP contribution in [-0.2, 0) is 12.8 Å². The Balaban J connectivity index is 0.671. The van der Waals surface area contributed by atoms with Crippen LogP contribution in [0.2, 0.25) is 0 Å². The van der Waals surface area contributed by atoms with Gasteiger partial charge in [-0.3, -0.25) is 0 Å². The molecule has 0 atom stereocenters. The summed E-state index contributed by atoms with van der Waals surface area (Å²) in [6.07, 6.45) is 12.9. The molecule has 0 aliphatic rings. The lowest BCUT2D eigenvalue weighted by molar-refractivity contribution is 0.668. The molecule has 12 aromatic heterocycles. The molecular formula is C60H50S12. The van der Waals surface area contributed by atoms with Gasteiger partial charge in [-0.25, -0.2) is 0 Å². The third-order valence-electron chi connectivity index (χ3n) is 12.8. The second-order valence-electron chi connectivity index (χ2n) is 17.8. The van der Waals surface area contributed by atoms with Crippen molar-refractivity contribution in [2.75, 3.05) is 0 Å². The van der Waals surface area contributed by atoms with E-state index in [0.717, 1.165) is 0 Å². The minimum atomic E-state index is 1.19. The molecule has 0 N–H and O–H groups in total. The molecule has 72 heavy (non-hydrogen) atoms. The molecule has 12 rings (SSSR count). The Labute approximate surface area is 471 Å². The molecule has 12 aromatic rings. The zero-order valence-electron chi connectivity index (χ0n) is 39.8. The molecule has 0 saturated heterocycles. The fourth-order valence-corrected chi connectivity index (χ4v) is 22.1. The quantitative estimate of drug-likeness (QED) is 0.0629. The average Bonchev–Trinajstić information content (AvgIpc) is 4.21. The fourth-order valence-electron chi connectivity index (χ4n) is 8.99. The Kier molecular flexibility index (Phi) is 15.5. The van der Waals surface area contributed by atoms with Crippen LogP contribution in [0.1, 0.15) is 76.3 Å². The van der Waals surface area contributed by atoms with Crippen LogP contribution in [0.4, 0.5) is 0 Å². The highest BCUT2D eigenvalue weighted by atomic mass is 32.1. The van der Waals surface area contributed by atoms with Crippen molar-refractivity contribution in [2.45, 2.75) is 78.1 Å². The molecule has 0 fully saturated rings. The zero-order chi connectivity index (χ0) is 48.4. The van der Waals surface area contributed by atoms with E-state index in [1.807, 2.05) is 136 Å². The molecule has 0 amide bonds. The van der Waals surface area contributed by atoms with Crippen LogP contribution in [0.25, 0.3) is 107 Å². The second-order valence-corrected chi connectivity index (χ2v) is 30.5. The molecule has 0 bridgehead atoms. The van der Waals surface area contributed by atoms with Gasteiger partial charge in [0.15, 0.2) is 0 Å². The molecule has 0 aromatic carbocycles. The maximum absolute atomic E-state index is 2.34. The number of hydrogen-bond acceptors (Lipinski definition) is 12. The molecule has 0 spiro atoms. The first-order valence-corrected chi connectivity index (χ1v) is 34.6. The molecule has 12 heteroatoms. The van der Waals surface area contributed by atoms with Crippen molar-refractivity contribution in [2.24, 2.45) is 0 Å². The smallest absolute Gasteiger partial charge is 0.0474 e. The number of rotatable bonds is 21. The summed E-state index contributed by atoms with van der Waals surface area (Å²) in [5.41, 5.74) is 3.04. The van der Waals surface area contributed by atoms with Crippen molar-refractivity contribution in [1.82, 2.24) is 0 Å². The molecule has 0 unspecified atom stereocenters. The van der Waals surface area contributed by atoms with Crippen LogP contribution in [-0.4, -0.2) is 0 Å². The average molecular weight is 1160 g/mol. The standard InChI is InChI=1S/C60H50S12/c1-3-5-7-9-11-37-33-35-61-59(37)57-31-29-55(71-57)53-27-25-51(69-53)49-23-21-47(67-49)45-19-17-43(65-45)41-15-13-39(63-41)40-14-16-42(64-40)44-18-20-46(66-44)48-22-24-50(68-48)52-26-28-54(70-52)56-30-32-58(72-56)60-38(34-36-62-60)12-10-8-6-4-2/h13-36H,3-12H2,1-2H3. The van der Waals surface area contributed by atoms with Gasteiger partial charge in [0.1, 0.15) is 0 Å². The van der Waals surface area contributed by atoms with Gasteiger partial charge in [-0.2, -0.15) is 0 Å². The molecule has 0 radical (unpaired) electrons. The molecule has 362 valence electrons.